The van der Waals surface area contributed by atoms with Crippen molar-refractivity contribution in [2.75, 3.05) is 18.4 Å². The number of benzene rings is 1. The minimum Gasteiger partial charge on any atom is -0.440 e. The Morgan fingerprint density at radius 1 is 1.16 bits per heavy atom. The topological polar surface area (TPSA) is 75.4 Å². The van der Waals surface area contributed by atoms with Gasteiger partial charge in [0.25, 0.3) is 5.91 Å². The number of nitrogens with one attached hydrogen (secondary N) is 1. The molecule has 2 amide bonds. The molecule has 1 fully saturated rings. The van der Waals surface area contributed by atoms with Crippen LogP contribution in [0.25, 0.3) is 10.8 Å². The van der Waals surface area contributed by atoms with Gasteiger partial charge in [-0.3, -0.25) is 9.59 Å². The maximum Gasteiger partial charge on any atom is 0.255 e. The quantitative estimate of drug-likeness (QED) is 0.609. The summed E-state index contributed by atoms with van der Waals surface area (Å²) in [6, 6.07) is 11.1. The highest BCUT2D eigenvalue weighted by molar-refractivity contribution is 7.13. The van der Waals surface area contributed by atoms with Gasteiger partial charge in [0.15, 0.2) is 0 Å². The number of piperidine rings is 1. The van der Waals surface area contributed by atoms with Crippen LogP contribution in [0, 0.1) is 18.8 Å². The molecular weight excluding hydrogens is 410 g/mol. The van der Waals surface area contributed by atoms with Gasteiger partial charge in [0.2, 0.25) is 11.8 Å². The van der Waals surface area contributed by atoms with E-state index in [4.69, 9.17) is 4.42 Å². The van der Waals surface area contributed by atoms with E-state index in [1.165, 1.54) is 11.3 Å². The molecule has 0 radical (unpaired) electrons. The molecule has 162 valence electrons. The number of hydrogen-bond acceptors (Lipinski definition) is 5. The molecule has 0 saturated carbocycles. The Hall–Kier alpha value is -2.93. The summed E-state index contributed by atoms with van der Waals surface area (Å²) in [5.41, 5.74) is 1.65. The minimum absolute atomic E-state index is 0.0353. The molecule has 2 unspecified atom stereocenters. The highest BCUT2D eigenvalue weighted by Crippen LogP contribution is 2.27. The molecule has 7 heteroatoms. The summed E-state index contributed by atoms with van der Waals surface area (Å²) in [7, 11) is 0. The van der Waals surface area contributed by atoms with Crippen LogP contribution in [0.5, 0.6) is 0 Å². The first-order valence-corrected chi connectivity index (χ1v) is 11.5. The third-order valence-electron chi connectivity index (χ3n) is 5.54. The molecule has 0 aliphatic carbocycles. The number of nitrogens with zero attached hydrogens (tertiary/aromatic N) is 2. The van der Waals surface area contributed by atoms with Crippen LogP contribution in [0.3, 0.4) is 0 Å². The van der Waals surface area contributed by atoms with E-state index in [0.717, 1.165) is 24.4 Å². The van der Waals surface area contributed by atoms with Gasteiger partial charge in [0, 0.05) is 13.1 Å². The summed E-state index contributed by atoms with van der Waals surface area (Å²) in [5.74, 6) is 1.84. The molecular formula is C24H27N3O3S. The first-order valence-electron chi connectivity index (χ1n) is 10.6. The highest BCUT2D eigenvalue weighted by Gasteiger charge is 2.27. The van der Waals surface area contributed by atoms with Gasteiger partial charge >= 0.3 is 0 Å². The number of likely N-dealkylation sites (tertiary alicyclic amines) is 1. The number of rotatable bonds is 5. The summed E-state index contributed by atoms with van der Waals surface area (Å²) in [4.78, 5) is 33.3. The molecule has 0 spiro atoms. The minimum atomic E-state index is -0.227. The number of amides is 2. The lowest BCUT2D eigenvalue weighted by Crippen LogP contribution is -2.42. The Kier molecular flexibility index (Phi) is 6.23. The van der Waals surface area contributed by atoms with E-state index in [-0.39, 0.29) is 18.2 Å². The smallest absolute Gasteiger partial charge is 0.255 e. The van der Waals surface area contributed by atoms with Crippen LogP contribution < -0.4 is 5.32 Å². The van der Waals surface area contributed by atoms with Gasteiger partial charge in [0.05, 0.1) is 28.2 Å². The molecule has 1 N–H and O–H groups in total. The number of carbonyl (C=O) groups excluding carboxylic acids is 2. The largest absolute Gasteiger partial charge is 0.440 e. The first kappa shape index (κ1) is 21.3. The zero-order valence-corrected chi connectivity index (χ0v) is 18.9. The molecule has 1 aliphatic rings. The molecule has 1 saturated heterocycles. The van der Waals surface area contributed by atoms with E-state index in [1.54, 1.807) is 12.1 Å². The van der Waals surface area contributed by atoms with Gasteiger partial charge in [-0.15, -0.1) is 11.3 Å². The van der Waals surface area contributed by atoms with Crippen molar-refractivity contribution in [1.82, 2.24) is 9.88 Å². The Bertz CT molecular complexity index is 1060. The number of hydrogen-bond donors (Lipinski definition) is 1. The summed E-state index contributed by atoms with van der Waals surface area (Å²) < 4.78 is 5.73. The Morgan fingerprint density at radius 2 is 1.90 bits per heavy atom. The van der Waals surface area contributed by atoms with Crippen molar-refractivity contribution in [2.45, 2.75) is 33.6 Å². The average Bonchev–Trinajstić information content (AvgIpc) is 3.37. The van der Waals surface area contributed by atoms with Gasteiger partial charge in [-0.1, -0.05) is 32.0 Å². The Balaban J connectivity index is 1.48. The van der Waals surface area contributed by atoms with E-state index in [1.807, 2.05) is 41.5 Å². The second-order valence-electron chi connectivity index (χ2n) is 8.43. The Labute approximate surface area is 186 Å². The number of aryl methyl sites for hydroxylation is 1. The van der Waals surface area contributed by atoms with Crippen LogP contribution in [0.1, 0.15) is 42.1 Å². The van der Waals surface area contributed by atoms with Crippen LogP contribution in [0.2, 0.25) is 0 Å². The molecule has 1 aliphatic heterocycles. The molecule has 4 rings (SSSR count). The van der Waals surface area contributed by atoms with E-state index < -0.39 is 0 Å². The zero-order chi connectivity index (χ0) is 22.0. The van der Waals surface area contributed by atoms with Crippen molar-refractivity contribution in [3.05, 3.63) is 58.8 Å². The number of oxazole rings is 1. The van der Waals surface area contributed by atoms with Crippen LogP contribution in [-0.2, 0) is 11.2 Å². The zero-order valence-electron chi connectivity index (χ0n) is 18.1. The standard InChI is InChI=1S/C24H27N3O3S/c1-15-11-16(2)14-27(13-15)24(29)18-7-4-5-8-19(18)25-22(28)12-20-17(3)30-23(26-20)21-9-6-10-31-21/h4-10,15-16H,11-14H2,1-3H3,(H,25,28). The fraction of sp³-hybridized carbons (Fsp3) is 0.375. The summed E-state index contributed by atoms with van der Waals surface area (Å²) >= 11 is 1.54. The molecule has 3 aromatic rings. The second kappa shape index (κ2) is 9.06. The van der Waals surface area contributed by atoms with Crippen molar-refractivity contribution in [3.63, 3.8) is 0 Å². The molecule has 6 nitrogen and oxygen atoms in total. The lowest BCUT2D eigenvalue weighted by atomic mass is 9.91. The van der Waals surface area contributed by atoms with Crippen LogP contribution >= 0.6 is 11.3 Å². The maximum absolute atomic E-state index is 13.2. The predicted octanol–water partition coefficient (Wildman–Crippen LogP) is 5.01. The molecule has 1 aromatic carbocycles. The number of aromatic nitrogens is 1. The maximum atomic E-state index is 13.2. The molecule has 2 aromatic heterocycles. The monoisotopic (exact) mass is 437 g/mol. The van der Waals surface area contributed by atoms with Crippen molar-refractivity contribution < 1.29 is 14.0 Å². The van der Waals surface area contributed by atoms with Crippen molar-refractivity contribution in [2.24, 2.45) is 11.8 Å². The van der Waals surface area contributed by atoms with Gasteiger partial charge < -0.3 is 14.6 Å². The fourth-order valence-electron chi connectivity index (χ4n) is 4.22. The van der Waals surface area contributed by atoms with Crippen molar-refractivity contribution >= 4 is 28.8 Å². The Morgan fingerprint density at radius 3 is 2.61 bits per heavy atom. The molecule has 2 atom stereocenters. The first-order chi connectivity index (χ1) is 14.9. The molecule has 0 bridgehead atoms. The van der Waals surface area contributed by atoms with Gasteiger partial charge in [0.1, 0.15) is 5.76 Å². The SMILES string of the molecule is Cc1oc(-c2cccs2)nc1CC(=O)Nc1ccccc1C(=O)N1CC(C)CC(C)C1. The number of carbonyl (C=O) groups is 2. The van der Waals surface area contributed by atoms with Gasteiger partial charge in [-0.05, 0) is 48.8 Å². The van der Waals surface area contributed by atoms with Crippen molar-refractivity contribution in [3.8, 4) is 10.8 Å². The number of para-hydroxylation sites is 1. The van der Waals surface area contributed by atoms with Crippen LogP contribution in [0.4, 0.5) is 5.69 Å². The van der Waals surface area contributed by atoms with Gasteiger partial charge in [-0.25, -0.2) is 4.98 Å². The average molecular weight is 438 g/mol. The van der Waals surface area contributed by atoms with E-state index in [2.05, 4.69) is 24.1 Å². The molecule has 31 heavy (non-hydrogen) atoms. The number of anilines is 1. The highest BCUT2D eigenvalue weighted by atomic mass is 32.1. The van der Waals surface area contributed by atoms with E-state index >= 15 is 0 Å². The summed E-state index contributed by atoms with van der Waals surface area (Å²) in [5, 5.41) is 4.86. The summed E-state index contributed by atoms with van der Waals surface area (Å²) in [6.45, 7) is 7.65. The second-order valence-corrected chi connectivity index (χ2v) is 9.37. The fourth-order valence-corrected chi connectivity index (χ4v) is 4.87. The predicted molar refractivity (Wildman–Crippen MR) is 122 cm³/mol. The van der Waals surface area contributed by atoms with Crippen molar-refractivity contribution in [1.29, 1.82) is 0 Å². The summed E-state index contributed by atoms with van der Waals surface area (Å²) in [6.07, 6.45) is 1.22. The lowest BCUT2D eigenvalue weighted by Gasteiger charge is -2.35. The third kappa shape index (κ3) is 4.88. The number of thiophene rings is 1. The van der Waals surface area contributed by atoms with Crippen LogP contribution in [0.15, 0.2) is 46.2 Å². The van der Waals surface area contributed by atoms with E-state index in [9.17, 15) is 9.59 Å². The lowest BCUT2D eigenvalue weighted by molar-refractivity contribution is -0.115. The van der Waals surface area contributed by atoms with E-state index in [0.29, 0.717) is 40.4 Å². The normalized spacial score (nSPS) is 18.7. The third-order valence-corrected chi connectivity index (χ3v) is 6.40. The van der Waals surface area contributed by atoms with Gasteiger partial charge in [-0.2, -0.15) is 0 Å². The van der Waals surface area contributed by atoms with Crippen LogP contribution in [-0.4, -0.2) is 34.8 Å². The molecule has 3 heterocycles.